The molecule has 0 radical (unpaired) electrons. The summed E-state index contributed by atoms with van der Waals surface area (Å²) in [5.74, 6) is 0.167. The summed E-state index contributed by atoms with van der Waals surface area (Å²) in [5, 5.41) is 16.2. The molecule has 0 saturated heterocycles. The van der Waals surface area contributed by atoms with Gasteiger partial charge < -0.3 is 0 Å². The van der Waals surface area contributed by atoms with E-state index in [2.05, 4.69) is 6.07 Å². The van der Waals surface area contributed by atoms with Crippen molar-refractivity contribution in [2.75, 3.05) is 0 Å². The minimum absolute atomic E-state index is 0.0262. The van der Waals surface area contributed by atoms with Gasteiger partial charge in [-0.25, -0.2) is 22.9 Å². The van der Waals surface area contributed by atoms with E-state index >= 15 is 0 Å². The molecule has 3 aromatic carbocycles. The summed E-state index contributed by atoms with van der Waals surface area (Å²) in [5.41, 5.74) is 3.79. The predicted octanol–water partition coefficient (Wildman–Crippen LogP) is 6.02. The zero-order valence-electron chi connectivity index (χ0n) is 17.6. The van der Waals surface area contributed by atoms with Crippen LogP contribution in [-0.4, -0.2) is 13.4 Å². The van der Waals surface area contributed by atoms with Gasteiger partial charge in [0.2, 0.25) is 10.0 Å². The Balaban J connectivity index is 1.81. The van der Waals surface area contributed by atoms with Crippen LogP contribution in [0.25, 0.3) is 22.4 Å². The zero-order chi connectivity index (χ0) is 24.3. The fourth-order valence-corrected chi connectivity index (χ4v) is 4.96. The number of nitrogens with zero attached hydrogens (tertiary/aromatic N) is 2. The smallest absolute Gasteiger partial charge is 0.238 e. The maximum absolute atomic E-state index is 13.6. The molecule has 0 aliphatic heterocycles. The van der Waals surface area contributed by atoms with Crippen LogP contribution >= 0.6 is 23.4 Å². The number of primary sulfonamides is 1. The molecule has 1 aromatic heterocycles. The highest BCUT2D eigenvalue weighted by molar-refractivity contribution is 7.98. The molecule has 0 saturated carbocycles. The van der Waals surface area contributed by atoms with Gasteiger partial charge in [0.1, 0.15) is 16.9 Å². The van der Waals surface area contributed by atoms with Gasteiger partial charge in [-0.3, -0.25) is 0 Å². The summed E-state index contributed by atoms with van der Waals surface area (Å²) in [7, 11) is -3.85. The number of benzene rings is 3. The lowest BCUT2D eigenvalue weighted by Gasteiger charge is -2.14. The van der Waals surface area contributed by atoms with Crippen LogP contribution in [0.5, 0.6) is 0 Å². The Bertz CT molecular complexity index is 1500. The van der Waals surface area contributed by atoms with Gasteiger partial charge in [-0.2, -0.15) is 5.26 Å². The molecule has 34 heavy (non-hydrogen) atoms. The van der Waals surface area contributed by atoms with Gasteiger partial charge in [0.05, 0.1) is 16.2 Å². The Morgan fingerprint density at radius 3 is 2.29 bits per heavy atom. The Morgan fingerprint density at radius 2 is 1.68 bits per heavy atom. The van der Waals surface area contributed by atoms with Gasteiger partial charge in [-0.15, -0.1) is 11.8 Å². The van der Waals surface area contributed by atoms with Crippen molar-refractivity contribution in [2.45, 2.75) is 15.7 Å². The Hall–Kier alpha value is -3.22. The molecule has 0 atom stereocenters. The van der Waals surface area contributed by atoms with Gasteiger partial charge in [0.15, 0.2) is 0 Å². The number of hydrogen-bond donors (Lipinski definition) is 1. The van der Waals surface area contributed by atoms with Gasteiger partial charge in [-0.05, 0) is 65.7 Å². The molecule has 5 nitrogen and oxygen atoms in total. The van der Waals surface area contributed by atoms with Crippen molar-refractivity contribution in [3.8, 4) is 28.5 Å². The number of pyridine rings is 1. The average molecular weight is 510 g/mol. The van der Waals surface area contributed by atoms with Crippen LogP contribution in [0, 0.1) is 17.1 Å². The zero-order valence-corrected chi connectivity index (χ0v) is 20.0. The lowest BCUT2D eigenvalue weighted by Crippen LogP contribution is -2.11. The summed E-state index contributed by atoms with van der Waals surface area (Å²) in [6, 6.07) is 23.2. The van der Waals surface area contributed by atoms with E-state index in [0.717, 1.165) is 5.56 Å². The van der Waals surface area contributed by atoms with Crippen molar-refractivity contribution >= 4 is 33.4 Å². The van der Waals surface area contributed by atoms with Gasteiger partial charge >= 0.3 is 0 Å². The third-order valence-corrected chi connectivity index (χ3v) is 7.21. The van der Waals surface area contributed by atoms with E-state index in [0.29, 0.717) is 43.7 Å². The minimum Gasteiger partial charge on any atom is -0.239 e. The monoisotopic (exact) mass is 509 g/mol. The van der Waals surface area contributed by atoms with Crippen molar-refractivity contribution in [3.63, 3.8) is 0 Å². The van der Waals surface area contributed by atoms with Crippen LogP contribution in [0.2, 0.25) is 5.02 Å². The molecule has 0 unspecified atom stereocenters. The minimum atomic E-state index is -3.85. The molecule has 9 heteroatoms. The van der Waals surface area contributed by atoms with E-state index in [1.807, 2.05) is 18.2 Å². The normalized spacial score (nSPS) is 11.2. The molecule has 0 fully saturated rings. The maximum atomic E-state index is 13.6. The first-order valence-electron chi connectivity index (χ1n) is 9.96. The first kappa shape index (κ1) is 23.9. The fourth-order valence-electron chi connectivity index (χ4n) is 3.34. The van der Waals surface area contributed by atoms with Crippen LogP contribution in [-0.2, 0) is 15.8 Å². The number of sulfonamides is 1. The standard InChI is InChI=1S/C25H17ClFN3O2S2/c26-20-3-1-2-16(12-20)15-33-25-19(14-28)13-23(17-6-10-22(11-7-17)34(29,31)32)24(30-25)18-4-8-21(27)9-5-18/h1-13H,15H2,(H2,29,31,32). The number of aromatic nitrogens is 1. The number of rotatable bonds is 6. The summed E-state index contributed by atoms with van der Waals surface area (Å²) in [6.45, 7) is 0. The highest BCUT2D eigenvalue weighted by Crippen LogP contribution is 2.36. The van der Waals surface area contributed by atoms with E-state index in [9.17, 15) is 18.1 Å². The molecule has 0 bridgehead atoms. The van der Waals surface area contributed by atoms with Crippen molar-refractivity contribution < 1.29 is 12.8 Å². The average Bonchev–Trinajstić information content (AvgIpc) is 2.82. The quantitative estimate of drug-likeness (QED) is 0.320. The third-order valence-electron chi connectivity index (χ3n) is 4.98. The topological polar surface area (TPSA) is 96.8 Å². The molecule has 1 heterocycles. The van der Waals surface area contributed by atoms with Crippen molar-refractivity contribution in [2.24, 2.45) is 5.14 Å². The summed E-state index contributed by atoms with van der Waals surface area (Å²) >= 11 is 7.47. The first-order chi connectivity index (χ1) is 16.2. The fraction of sp³-hybridized carbons (Fsp3) is 0.0400. The molecule has 2 N–H and O–H groups in total. The second kappa shape index (κ2) is 9.95. The van der Waals surface area contributed by atoms with Crippen LogP contribution in [0.4, 0.5) is 4.39 Å². The molecule has 0 aliphatic carbocycles. The molecular weight excluding hydrogens is 493 g/mol. The van der Waals surface area contributed by atoms with Gasteiger partial charge in [0, 0.05) is 21.9 Å². The van der Waals surface area contributed by atoms with E-state index in [1.165, 1.54) is 36.0 Å². The van der Waals surface area contributed by atoms with E-state index in [1.54, 1.807) is 36.4 Å². The summed E-state index contributed by atoms with van der Waals surface area (Å²) in [6.07, 6.45) is 0. The summed E-state index contributed by atoms with van der Waals surface area (Å²) < 4.78 is 36.8. The largest absolute Gasteiger partial charge is 0.239 e. The molecule has 0 spiro atoms. The highest BCUT2D eigenvalue weighted by Gasteiger charge is 2.17. The molecule has 170 valence electrons. The second-order valence-corrected chi connectivity index (χ2v) is 10.3. The van der Waals surface area contributed by atoms with Crippen molar-refractivity contribution in [1.29, 1.82) is 5.26 Å². The van der Waals surface area contributed by atoms with Crippen LogP contribution in [0.3, 0.4) is 0 Å². The molecule has 4 rings (SSSR count). The molecular formula is C25H17ClFN3O2S2. The van der Waals surface area contributed by atoms with Crippen molar-refractivity contribution in [3.05, 3.63) is 101 Å². The number of halogens is 2. The van der Waals surface area contributed by atoms with Crippen LogP contribution in [0.1, 0.15) is 11.1 Å². The Kier molecular flexibility index (Phi) is 7.00. The number of thioether (sulfide) groups is 1. The third kappa shape index (κ3) is 5.46. The number of nitriles is 1. The predicted molar refractivity (Wildman–Crippen MR) is 132 cm³/mol. The lowest BCUT2D eigenvalue weighted by atomic mass is 9.98. The Labute approximate surface area is 206 Å². The number of nitrogens with two attached hydrogens (primary N) is 1. The molecule has 4 aromatic rings. The highest BCUT2D eigenvalue weighted by atomic mass is 35.5. The maximum Gasteiger partial charge on any atom is 0.238 e. The van der Waals surface area contributed by atoms with E-state index in [-0.39, 0.29) is 10.7 Å². The lowest BCUT2D eigenvalue weighted by molar-refractivity contribution is 0.598. The van der Waals surface area contributed by atoms with Gasteiger partial charge in [0.25, 0.3) is 0 Å². The van der Waals surface area contributed by atoms with Gasteiger partial charge in [-0.1, -0.05) is 35.9 Å². The SMILES string of the molecule is N#Cc1cc(-c2ccc(S(N)(=O)=O)cc2)c(-c2ccc(F)cc2)nc1SCc1cccc(Cl)c1. The summed E-state index contributed by atoms with van der Waals surface area (Å²) in [4.78, 5) is 4.74. The van der Waals surface area contributed by atoms with Crippen LogP contribution < -0.4 is 5.14 Å². The molecule has 0 aliphatic rings. The molecule has 0 amide bonds. The van der Waals surface area contributed by atoms with Crippen molar-refractivity contribution in [1.82, 2.24) is 4.98 Å². The second-order valence-electron chi connectivity index (χ2n) is 7.34. The van der Waals surface area contributed by atoms with E-state index in [4.69, 9.17) is 21.7 Å². The number of hydrogen-bond acceptors (Lipinski definition) is 5. The Morgan fingerprint density at radius 1 is 1.00 bits per heavy atom. The first-order valence-corrected chi connectivity index (χ1v) is 12.9. The van der Waals surface area contributed by atoms with E-state index < -0.39 is 10.0 Å². The van der Waals surface area contributed by atoms with Crippen LogP contribution in [0.15, 0.2) is 88.8 Å².